The van der Waals surface area contributed by atoms with E-state index in [9.17, 15) is 4.79 Å². The average molecular weight is 230 g/mol. The Bertz CT molecular complexity index is 536. The second-order valence-electron chi connectivity index (χ2n) is 3.51. The Balaban J connectivity index is 1.95. The second-order valence-corrected chi connectivity index (χ2v) is 3.51. The molecular weight excluding hydrogens is 218 g/mol. The fourth-order valence-electron chi connectivity index (χ4n) is 1.39. The molecule has 1 aromatic carbocycles. The molecule has 0 aliphatic heterocycles. The highest BCUT2D eigenvalue weighted by atomic mass is 16.6. The first-order valence-electron chi connectivity index (χ1n) is 5.21. The third-order valence-corrected chi connectivity index (χ3v) is 2.21. The molecule has 0 aliphatic rings. The van der Waals surface area contributed by atoms with E-state index in [1.165, 1.54) is 6.26 Å². The maximum Gasteiger partial charge on any atom is 0.518 e. The summed E-state index contributed by atoms with van der Waals surface area (Å²) in [4.78, 5) is 10.6. The number of nitrogens with one attached hydrogen (secondary N) is 1. The zero-order valence-electron chi connectivity index (χ0n) is 9.23. The van der Waals surface area contributed by atoms with E-state index in [1.54, 1.807) is 0 Å². The molecule has 4 heteroatoms. The topological polar surface area (TPSA) is 55.4 Å². The predicted octanol–water partition coefficient (Wildman–Crippen LogP) is 2.37. The fourth-order valence-corrected chi connectivity index (χ4v) is 1.39. The lowest BCUT2D eigenvalue weighted by molar-refractivity contribution is 0.375. The van der Waals surface area contributed by atoms with Crippen LogP contribution in [0.2, 0.25) is 0 Å². The lowest BCUT2D eigenvalue weighted by Gasteiger charge is -2.03. The summed E-state index contributed by atoms with van der Waals surface area (Å²) in [6, 6.07) is 8.89. The number of hydrogen-bond donors (Lipinski definition) is 1. The first-order chi connectivity index (χ1) is 8.28. The quantitative estimate of drug-likeness (QED) is 0.801. The van der Waals surface area contributed by atoms with Crippen molar-refractivity contribution in [1.29, 1.82) is 0 Å². The van der Waals surface area contributed by atoms with Gasteiger partial charge in [0.1, 0.15) is 6.26 Å². The minimum absolute atomic E-state index is 0.392. The van der Waals surface area contributed by atoms with Crippen LogP contribution in [-0.4, -0.2) is 0 Å². The third-order valence-electron chi connectivity index (χ3n) is 2.21. The van der Waals surface area contributed by atoms with Gasteiger partial charge in [-0.3, -0.25) is 0 Å². The molecule has 0 bridgehead atoms. The van der Waals surface area contributed by atoms with Crippen LogP contribution < -0.4 is 11.1 Å². The number of hydrogen-bond acceptors (Lipinski definition) is 4. The third kappa shape index (κ3) is 3.11. The van der Waals surface area contributed by atoms with E-state index >= 15 is 0 Å². The Morgan fingerprint density at radius 2 is 2.35 bits per heavy atom. The summed E-state index contributed by atoms with van der Waals surface area (Å²) in [7, 11) is 0. The molecule has 1 radical (unpaired) electrons. The molecule has 2 aromatic rings. The van der Waals surface area contributed by atoms with E-state index in [0.717, 1.165) is 17.7 Å². The van der Waals surface area contributed by atoms with Gasteiger partial charge in [-0.25, -0.2) is 4.79 Å². The molecule has 4 nitrogen and oxygen atoms in total. The van der Waals surface area contributed by atoms with Gasteiger partial charge in [0.15, 0.2) is 5.76 Å². The van der Waals surface area contributed by atoms with Gasteiger partial charge in [-0.15, -0.1) is 6.58 Å². The molecule has 0 unspecified atom stereocenters. The Labute approximate surface area is 98.6 Å². The minimum atomic E-state index is -0.688. The lowest BCUT2D eigenvalue weighted by Crippen LogP contribution is -1.99. The van der Waals surface area contributed by atoms with Crippen molar-refractivity contribution in [2.45, 2.75) is 13.0 Å². The first-order valence-corrected chi connectivity index (χ1v) is 5.21. The predicted molar refractivity (Wildman–Crippen MR) is 63.7 cm³/mol. The zero-order chi connectivity index (χ0) is 12.1. The van der Waals surface area contributed by atoms with E-state index in [1.807, 2.05) is 24.3 Å². The molecule has 0 spiro atoms. The van der Waals surface area contributed by atoms with E-state index in [4.69, 9.17) is 4.42 Å². The molecule has 1 N–H and O–H groups in total. The molecule has 0 amide bonds. The molecule has 1 aromatic heterocycles. The molecule has 0 saturated carbocycles. The van der Waals surface area contributed by atoms with E-state index in [-0.39, 0.29) is 0 Å². The van der Waals surface area contributed by atoms with Crippen LogP contribution in [0.3, 0.4) is 0 Å². The zero-order valence-corrected chi connectivity index (χ0v) is 9.23. The van der Waals surface area contributed by atoms with Gasteiger partial charge in [0.25, 0.3) is 0 Å². The number of anilines is 1. The van der Waals surface area contributed by atoms with Crippen molar-refractivity contribution < 1.29 is 8.83 Å². The molecule has 87 valence electrons. The van der Waals surface area contributed by atoms with Gasteiger partial charge in [0, 0.05) is 11.8 Å². The Morgan fingerprint density at radius 3 is 2.94 bits per heavy atom. The van der Waals surface area contributed by atoms with Crippen molar-refractivity contribution in [3.8, 4) is 0 Å². The van der Waals surface area contributed by atoms with Crippen molar-refractivity contribution in [3.05, 3.63) is 65.1 Å². The van der Waals surface area contributed by atoms with Crippen molar-refractivity contribution in [2.24, 2.45) is 0 Å². The van der Waals surface area contributed by atoms with Crippen molar-refractivity contribution >= 4 is 5.69 Å². The molecule has 0 saturated heterocycles. The summed E-state index contributed by atoms with van der Waals surface area (Å²) in [5, 5.41) is 3.07. The van der Waals surface area contributed by atoms with Crippen molar-refractivity contribution in [1.82, 2.24) is 0 Å². The number of allylic oxidation sites excluding steroid dienone is 1. The van der Waals surface area contributed by atoms with E-state index in [2.05, 4.69) is 22.4 Å². The molecule has 1 heterocycles. The maximum absolute atomic E-state index is 10.6. The van der Waals surface area contributed by atoms with E-state index < -0.39 is 5.82 Å². The number of rotatable bonds is 5. The van der Waals surface area contributed by atoms with Crippen LogP contribution in [0, 0.1) is 6.07 Å². The summed E-state index contributed by atoms with van der Waals surface area (Å²) in [6.07, 6.45) is 3.96. The molecule has 0 aliphatic carbocycles. The summed E-state index contributed by atoms with van der Waals surface area (Å²) in [5.74, 6) is -0.231. The normalized spacial score (nSPS) is 10.1. The standard InChI is InChI=1S/C13H12NO3/c1-2-3-10-4-6-11(7-5-10)14-8-12-9-16-13(15)17-12/h2,4-6,9,14H,1,3,8H2. The van der Waals surface area contributed by atoms with Crippen LogP contribution in [0.5, 0.6) is 0 Å². The van der Waals surface area contributed by atoms with Crippen LogP contribution >= 0.6 is 0 Å². The van der Waals surface area contributed by atoms with Crippen LogP contribution in [0.15, 0.2) is 50.7 Å². The van der Waals surface area contributed by atoms with Crippen LogP contribution in [0.1, 0.15) is 11.3 Å². The van der Waals surface area contributed by atoms with Gasteiger partial charge in [0.2, 0.25) is 0 Å². The Kier molecular flexibility index (Phi) is 3.45. The summed E-state index contributed by atoms with van der Waals surface area (Å²) in [5.41, 5.74) is 1.99. The second kappa shape index (κ2) is 5.21. The van der Waals surface area contributed by atoms with Gasteiger partial charge >= 0.3 is 5.82 Å². The molecule has 0 fully saturated rings. The summed E-state index contributed by atoms with van der Waals surface area (Å²) < 4.78 is 9.28. The molecule has 2 rings (SSSR count). The van der Waals surface area contributed by atoms with Gasteiger partial charge in [-0.2, -0.15) is 0 Å². The van der Waals surface area contributed by atoms with Crippen LogP contribution in [-0.2, 0) is 13.0 Å². The van der Waals surface area contributed by atoms with Gasteiger partial charge in [0.05, 0.1) is 6.54 Å². The van der Waals surface area contributed by atoms with E-state index in [0.29, 0.717) is 12.3 Å². The summed E-state index contributed by atoms with van der Waals surface area (Å²) in [6.45, 7) is 4.07. The Morgan fingerprint density at radius 1 is 1.47 bits per heavy atom. The fraction of sp³-hybridized carbons (Fsp3) is 0.154. The summed E-state index contributed by atoms with van der Waals surface area (Å²) >= 11 is 0. The van der Waals surface area contributed by atoms with Gasteiger partial charge in [-0.05, 0) is 24.1 Å². The monoisotopic (exact) mass is 230 g/mol. The molecule has 0 atom stereocenters. The molecular formula is C13H12NO3. The highest BCUT2D eigenvalue weighted by molar-refractivity contribution is 5.43. The van der Waals surface area contributed by atoms with Gasteiger partial charge in [-0.1, -0.05) is 12.1 Å². The maximum atomic E-state index is 10.6. The van der Waals surface area contributed by atoms with Crippen LogP contribution in [0.4, 0.5) is 5.69 Å². The highest BCUT2D eigenvalue weighted by Crippen LogP contribution is 2.10. The van der Waals surface area contributed by atoms with Crippen molar-refractivity contribution in [2.75, 3.05) is 5.32 Å². The average Bonchev–Trinajstić information content (AvgIpc) is 2.75. The van der Waals surface area contributed by atoms with Crippen LogP contribution in [0.25, 0.3) is 0 Å². The Hall–Kier alpha value is -2.23. The first kappa shape index (κ1) is 11.3. The SMILES string of the molecule is C=CCc1c[c]c(NCc2coc(=O)o2)cc1. The highest BCUT2D eigenvalue weighted by Gasteiger charge is 2.00. The lowest BCUT2D eigenvalue weighted by atomic mass is 10.1. The largest absolute Gasteiger partial charge is 0.518 e. The smallest absolute Gasteiger partial charge is 0.399 e. The number of benzene rings is 1. The van der Waals surface area contributed by atoms with Crippen molar-refractivity contribution in [3.63, 3.8) is 0 Å². The molecule has 17 heavy (non-hydrogen) atoms. The van der Waals surface area contributed by atoms with Gasteiger partial charge < -0.3 is 14.2 Å². The minimum Gasteiger partial charge on any atom is -0.399 e.